The Labute approximate surface area is 160 Å². The van der Waals surface area contributed by atoms with E-state index in [2.05, 4.69) is 10.0 Å². The number of hydrogen-bond acceptors (Lipinski definition) is 5. The van der Waals surface area contributed by atoms with Gasteiger partial charge in [-0.1, -0.05) is 47.5 Å². The van der Waals surface area contributed by atoms with Gasteiger partial charge in [-0.05, 0) is 31.5 Å². The third-order valence-corrected chi connectivity index (χ3v) is 6.22. The monoisotopic (exact) mass is 390 g/mol. The Bertz CT molecular complexity index is 851. The highest BCUT2D eigenvalue weighted by Crippen LogP contribution is 2.16. The fourth-order valence-electron chi connectivity index (χ4n) is 2.99. The maximum absolute atomic E-state index is 12.4. The van der Waals surface area contributed by atoms with E-state index in [0.29, 0.717) is 13.2 Å². The predicted octanol–water partition coefficient (Wildman–Crippen LogP) is 1.50. The van der Waals surface area contributed by atoms with Crippen LogP contribution in [0.3, 0.4) is 0 Å². The van der Waals surface area contributed by atoms with Crippen molar-refractivity contribution in [2.75, 3.05) is 13.2 Å². The molecule has 1 aliphatic rings. The van der Waals surface area contributed by atoms with Crippen molar-refractivity contribution in [3.8, 4) is 0 Å². The summed E-state index contributed by atoms with van der Waals surface area (Å²) in [6, 6.07) is 14.6. The lowest BCUT2D eigenvalue weighted by molar-refractivity contribution is 0.0443. The second-order valence-electron chi connectivity index (χ2n) is 7.00. The first-order valence-electron chi connectivity index (χ1n) is 9.00. The van der Waals surface area contributed by atoms with Crippen LogP contribution in [0.5, 0.6) is 0 Å². The van der Waals surface area contributed by atoms with E-state index < -0.39 is 22.2 Å². The molecule has 3 atom stereocenters. The predicted molar refractivity (Wildman–Crippen MR) is 104 cm³/mol. The van der Waals surface area contributed by atoms with E-state index in [0.717, 1.165) is 11.1 Å². The van der Waals surface area contributed by atoms with Crippen molar-refractivity contribution in [3.63, 3.8) is 0 Å². The minimum atomic E-state index is -3.63. The van der Waals surface area contributed by atoms with Crippen molar-refractivity contribution in [1.29, 1.82) is 0 Å². The van der Waals surface area contributed by atoms with Crippen LogP contribution >= 0.6 is 0 Å². The highest BCUT2D eigenvalue weighted by atomic mass is 32.2. The average molecular weight is 391 g/mol. The molecule has 146 valence electrons. The normalized spacial score (nSPS) is 22.9. The summed E-state index contributed by atoms with van der Waals surface area (Å²) in [4.78, 5) is 0.203. The van der Waals surface area contributed by atoms with Gasteiger partial charge in [0.2, 0.25) is 10.0 Å². The molecule has 3 N–H and O–H groups in total. The molecule has 1 heterocycles. The second kappa shape index (κ2) is 8.50. The average Bonchev–Trinajstić information content (AvgIpc) is 3.00. The topological polar surface area (TPSA) is 87.7 Å². The molecular weight excluding hydrogens is 364 g/mol. The van der Waals surface area contributed by atoms with Gasteiger partial charge in [-0.2, -0.15) is 0 Å². The lowest BCUT2D eigenvalue weighted by Crippen LogP contribution is -2.44. The molecule has 3 unspecified atom stereocenters. The van der Waals surface area contributed by atoms with E-state index in [-0.39, 0.29) is 17.5 Å². The van der Waals surface area contributed by atoms with Crippen LogP contribution < -0.4 is 10.0 Å². The number of nitrogens with one attached hydrogen (secondary N) is 2. The van der Waals surface area contributed by atoms with Crippen LogP contribution in [0.1, 0.15) is 16.7 Å². The third kappa shape index (κ3) is 5.15. The van der Waals surface area contributed by atoms with Gasteiger partial charge in [-0.3, -0.25) is 0 Å². The van der Waals surface area contributed by atoms with Crippen molar-refractivity contribution < 1.29 is 18.3 Å². The summed E-state index contributed by atoms with van der Waals surface area (Å²) >= 11 is 0. The molecule has 0 saturated carbocycles. The number of sulfonamides is 1. The fourth-order valence-corrected chi connectivity index (χ4v) is 4.04. The first-order chi connectivity index (χ1) is 12.8. The number of aliphatic hydroxyl groups excluding tert-OH is 1. The first kappa shape index (κ1) is 20.0. The molecule has 0 aliphatic carbocycles. The molecule has 0 bridgehead atoms. The molecule has 27 heavy (non-hydrogen) atoms. The molecule has 3 rings (SSSR count). The number of aryl methyl sites for hydroxylation is 2. The van der Waals surface area contributed by atoms with E-state index in [1.807, 2.05) is 38.1 Å². The summed E-state index contributed by atoms with van der Waals surface area (Å²) in [5.74, 6) is 0. The van der Waals surface area contributed by atoms with Crippen molar-refractivity contribution in [1.82, 2.24) is 10.0 Å². The Hall–Kier alpha value is -1.77. The summed E-state index contributed by atoms with van der Waals surface area (Å²) in [6.07, 6.45) is -1.36. The van der Waals surface area contributed by atoms with Crippen LogP contribution in [0.4, 0.5) is 0 Å². The van der Waals surface area contributed by atoms with Crippen LogP contribution in [0, 0.1) is 13.8 Å². The van der Waals surface area contributed by atoms with Crippen molar-refractivity contribution in [3.05, 3.63) is 65.2 Å². The number of rotatable bonds is 7. The number of ether oxygens (including phenoxy) is 1. The molecule has 1 aliphatic heterocycles. The lowest BCUT2D eigenvalue weighted by Gasteiger charge is -2.19. The van der Waals surface area contributed by atoms with Gasteiger partial charge in [0.25, 0.3) is 0 Å². The van der Waals surface area contributed by atoms with Gasteiger partial charge in [0.05, 0.1) is 29.8 Å². The summed E-state index contributed by atoms with van der Waals surface area (Å²) in [6.45, 7) is 4.92. The first-order valence-corrected chi connectivity index (χ1v) is 10.5. The van der Waals surface area contributed by atoms with Crippen LogP contribution in [-0.4, -0.2) is 44.9 Å². The third-order valence-electron chi connectivity index (χ3n) is 4.78. The van der Waals surface area contributed by atoms with Crippen LogP contribution in [0.25, 0.3) is 0 Å². The number of hydrogen-bond donors (Lipinski definition) is 3. The molecule has 0 amide bonds. The maximum atomic E-state index is 12.4. The maximum Gasteiger partial charge on any atom is 0.240 e. The van der Waals surface area contributed by atoms with Crippen molar-refractivity contribution in [2.45, 2.75) is 43.5 Å². The molecule has 1 saturated heterocycles. The van der Waals surface area contributed by atoms with E-state index in [1.165, 1.54) is 5.56 Å². The lowest BCUT2D eigenvalue weighted by atomic mass is 10.1. The molecule has 2 aromatic carbocycles. The standard InChI is InChI=1S/C20H26N2O4S/c1-14-3-7-16(8-4-14)11-21-18-13-26-19(20(18)23)12-22-27(24,25)17-9-5-15(2)6-10-17/h3-10,18-23H,11-13H2,1-2H3. The summed E-state index contributed by atoms with van der Waals surface area (Å²) < 4.78 is 32.8. The summed E-state index contributed by atoms with van der Waals surface area (Å²) in [5.41, 5.74) is 3.31. The molecule has 6 nitrogen and oxygen atoms in total. The fraction of sp³-hybridized carbons (Fsp3) is 0.400. The van der Waals surface area contributed by atoms with Gasteiger partial charge in [0.15, 0.2) is 0 Å². The zero-order valence-corrected chi connectivity index (χ0v) is 16.4. The molecule has 0 radical (unpaired) electrons. The van der Waals surface area contributed by atoms with E-state index >= 15 is 0 Å². The minimum absolute atomic E-state index is 0.0279. The molecule has 7 heteroatoms. The van der Waals surface area contributed by atoms with Crippen LogP contribution in [-0.2, 0) is 21.3 Å². The van der Waals surface area contributed by atoms with E-state index in [1.54, 1.807) is 24.3 Å². The van der Waals surface area contributed by atoms with Gasteiger partial charge in [0, 0.05) is 13.1 Å². The Morgan fingerprint density at radius 3 is 2.26 bits per heavy atom. The highest BCUT2D eigenvalue weighted by molar-refractivity contribution is 7.89. The van der Waals surface area contributed by atoms with E-state index in [9.17, 15) is 13.5 Å². The van der Waals surface area contributed by atoms with Crippen molar-refractivity contribution >= 4 is 10.0 Å². The van der Waals surface area contributed by atoms with Crippen molar-refractivity contribution in [2.24, 2.45) is 0 Å². The van der Waals surface area contributed by atoms with Crippen LogP contribution in [0.15, 0.2) is 53.4 Å². The second-order valence-corrected chi connectivity index (χ2v) is 8.77. The highest BCUT2D eigenvalue weighted by Gasteiger charge is 2.36. The number of benzene rings is 2. The Morgan fingerprint density at radius 2 is 1.63 bits per heavy atom. The molecule has 1 fully saturated rings. The minimum Gasteiger partial charge on any atom is -0.389 e. The zero-order valence-electron chi connectivity index (χ0n) is 15.6. The molecular formula is C20H26N2O4S. The van der Waals surface area contributed by atoms with Gasteiger partial charge in [-0.15, -0.1) is 0 Å². The smallest absolute Gasteiger partial charge is 0.240 e. The van der Waals surface area contributed by atoms with E-state index in [4.69, 9.17) is 4.74 Å². The Balaban J connectivity index is 1.51. The zero-order chi connectivity index (χ0) is 19.4. The molecule has 0 aromatic heterocycles. The Morgan fingerprint density at radius 1 is 1.04 bits per heavy atom. The Kier molecular flexibility index (Phi) is 6.29. The largest absolute Gasteiger partial charge is 0.389 e. The van der Waals surface area contributed by atoms with Gasteiger partial charge in [-0.25, -0.2) is 13.1 Å². The SMILES string of the molecule is Cc1ccc(CNC2COC(CNS(=O)(=O)c3ccc(C)cc3)C2O)cc1. The molecule has 0 spiro atoms. The molecule has 2 aromatic rings. The summed E-state index contributed by atoms with van der Waals surface area (Å²) in [7, 11) is -3.63. The van der Waals surface area contributed by atoms with Crippen LogP contribution in [0.2, 0.25) is 0 Å². The van der Waals surface area contributed by atoms with Gasteiger partial charge < -0.3 is 15.2 Å². The number of aliphatic hydroxyl groups is 1. The quantitative estimate of drug-likeness (QED) is 0.667. The summed E-state index contributed by atoms with van der Waals surface area (Å²) in [5, 5.41) is 13.7. The van der Waals surface area contributed by atoms with Gasteiger partial charge >= 0.3 is 0 Å². The van der Waals surface area contributed by atoms with Gasteiger partial charge in [0.1, 0.15) is 0 Å².